The Morgan fingerprint density at radius 2 is 1.81 bits per heavy atom. The van der Waals surface area contributed by atoms with Crippen LogP contribution >= 0.6 is 15.9 Å². The van der Waals surface area contributed by atoms with Gasteiger partial charge in [-0.1, -0.05) is 15.9 Å². The third-order valence-electron chi connectivity index (χ3n) is 3.31. The normalized spacial score (nSPS) is 13.5. The molecule has 2 rings (SSSR count). The highest BCUT2D eigenvalue weighted by atomic mass is 79.9. The molecule has 1 unspecified atom stereocenters. The van der Waals surface area contributed by atoms with Gasteiger partial charge >= 0.3 is 6.18 Å². The standard InChI is InChI=1S/C15H15BrF3NO/c1-8-6-11(9(2)21-8)14(20-3)12-7-10(15(17,18)19)4-5-13(12)16/h4-7,14,20H,1-3H3. The van der Waals surface area contributed by atoms with Gasteiger partial charge in [-0.05, 0) is 50.7 Å². The summed E-state index contributed by atoms with van der Waals surface area (Å²) in [5, 5.41) is 3.05. The first-order valence-corrected chi connectivity index (χ1v) is 7.14. The molecule has 2 nitrogen and oxygen atoms in total. The predicted octanol–water partition coefficient (Wildman–Crippen LogP) is 4.99. The van der Waals surface area contributed by atoms with Crippen molar-refractivity contribution in [3.63, 3.8) is 0 Å². The van der Waals surface area contributed by atoms with E-state index in [-0.39, 0.29) is 6.04 Å². The van der Waals surface area contributed by atoms with Crippen LogP contribution in [0.5, 0.6) is 0 Å². The van der Waals surface area contributed by atoms with E-state index in [0.29, 0.717) is 15.8 Å². The molecule has 1 atom stereocenters. The van der Waals surface area contributed by atoms with Gasteiger partial charge < -0.3 is 9.73 Å². The van der Waals surface area contributed by atoms with Crippen LogP contribution in [-0.4, -0.2) is 7.05 Å². The van der Waals surface area contributed by atoms with Crippen LogP contribution in [0.2, 0.25) is 0 Å². The molecule has 0 aliphatic rings. The fourth-order valence-electron chi connectivity index (χ4n) is 2.36. The van der Waals surface area contributed by atoms with Gasteiger partial charge in [-0.25, -0.2) is 0 Å². The van der Waals surface area contributed by atoms with Gasteiger partial charge in [0.15, 0.2) is 0 Å². The van der Waals surface area contributed by atoms with Crippen molar-refractivity contribution in [1.29, 1.82) is 0 Å². The maximum atomic E-state index is 12.9. The number of aryl methyl sites for hydroxylation is 2. The topological polar surface area (TPSA) is 25.2 Å². The lowest BCUT2D eigenvalue weighted by atomic mass is 9.97. The predicted molar refractivity (Wildman–Crippen MR) is 78.2 cm³/mol. The number of nitrogens with one attached hydrogen (secondary N) is 1. The number of hydrogen-bond acceptors (Lipinski definition) is 2. The summed E-state index contributed by atoms with van der Waals surface area (Å²) >= 11 is 3.33. The van der Waals surface area contributed by atoms with Crippen molar-refractivity contribution < 1.29 is 17.6 Å². The van der Waals surface area contributed by atoms with E-state index in [1.54, 1.807) is 14.0 Å². The van der Waals surface area contributed by atoms with Crippen molar-refractivity contribution in [1.82, 2.24) is 5.32 Å². The Labute approximate surface area is 129 Å². The maximum absolute atomic E-state index is 12.9. The lowest BCUT2D eigenvalue weighted by molar-refractivity contribution is -0.137. The van der Waals surface area contributed by atoms with Crippen molar-refractivity contribution in [3.8, 4) is 0 Å². The van der Waals surface area contributed by atoms with Gasteiger partial charge in [-0.3, -0.25) is 0 Å². The monoisotopic (exact) mass is 361 g/mol. The lowest BCUT2D eigenvalue weighted by Gasteiger charge is -2.19. The second-order valence-electron chi connectivity index (χ2n) is 4.82. The Morgan fingerprint density at radius 1 is 1.14 bits per heavy atom. The molecule has 0 aliphatic heterocycles. The number of alkyl halides is 3. The Kier molecular flexibility index (Phi) is 4.49. The third kappa shape index (κ3) is 3.32. The van der Waals surface area contributed by atoms with E-state index < -0.39 is 11.7 Å². The molecule has 1 aromatic heterocycles. The van der Waals surface area contributed by atoms with Crippen LogP contribution in [0.3, 0.4) is 0 Å². The molecule has 0 spiro atoms. The van der Waals surface area contributed by atoms with Gasteiger partial charge in [0.25, 0.3) is 0 Å². The highest BCUT2D eigenvalue weighted by Crippen LogP contribution is 2.36. The fourth-order valence-corrected chi connectivity index (χ4v) is 2.83. The molecule has 1 heterocycles. The summed E-state index contributed by atoms with van der Waals surface area (Å²) in [4.78, 5) is 0. The summed E-state index contributed by atoms with van der Waals surface area (Å²) in [5.41, 5.74) is 0.685. The van der Waals surface area contributed by atoms with E-state index in [4.69, 9.17) is 4.42 Å². The molecule has 0 radical (unpaired) electrons. The van der Waals surface area contributed by atoms with E-state index in [0.717, 1.165) is 23.5 Å². The number of hydrogen-bond donors (Lipinski definition) is 1. The SMILES string of the molecule is CNC(c1cc(C(F)(F)F)ccc1Br)c1cc(C)oc1C. The molecule has 1 aromatic carbocycles. The number of halogens is 4. The Morgan fingerprint density at radius 3 is 2.29 bits per heavy atom. The Balaban J connectivity index is 2.54. The zero-order chi connectivity index (χ0) is 15.8. The average Bonchev–Trinajstić information content (AvgIpc) is 2.70. The maximum Gasteiger partial charge on any atom is 0.416 e. The van der Waals surface area contributed by atoms with Crippen LogP contribution in [0.1, 0.15) is 34.3 Å². The zero-order valence-electron chi connectivity index (χ0n) is 11.8. The van der Waals surface area contributed by atoms with Crippen molar-refractivity contribution in [2.45, 2.75) is 26.1 Å². The molecule has 0 fully saturated rings. The Bertz CT molecular complexity index is 649. The minimum absolute atomic E-state index is 0.376. The summed E-state index contributed by atoms with van der Waals surface area (Å²) in [6.07, 6.45) is -4.37. The highest BCUT2D eigenvalue weighted by molar-refractivity contribution is 9.10. The molecule has 0 amide bonds. The summed E-state index contributed by atoms with van der Waals surface area (Å²) in [7, 11) is 1.71. The molecule has 0 aliphatic carbocycles. The molecule has 0 saturated carbocycles. The van der Waals surface area contributed by atoms with E-state index in [2.05, 4.69) is 21.2 Å². The van der Waals surface area contributed by atoms with Crippen LogP contribution in [0.25, 0.3) is 0 Å². The molecule has 1 N–H and O–H groups in total. The molecule has 114 valence electrons. The Hall–Kier alpha value is -1.27. The van der Waals surface area contributed by atoms with E-state index in [9.17, 15) is 13.2 Å². The van der Waals surface area contributed by atoms with Crippen LogP contribution in [0.15, 0.2) is 33.2 Å². The van der Waals surface area contributed by atoms with Crippen LogP contribution in [0, 0.1) is 13.8 Å². The van der Waals surface area contributed by atoms with Gasteiger partial charge in [0.1, 0.15) is 11.5 Å². The second kappa shape index (κ2) is 5.85. The van der Waals surface area contributed by atoms with Crippen molar-refractivity contribution in [3.05, 3.63) is 56.9 Å². The largest absolute Gasteiger partial charge is 0.466 e. The van der Waals surface area contributed by atoms with Crippen LogP contribution < -0.4 is 5.32 Å². The summed E-state index contributed by atoms with van der Waals surface area (Å²) < 4.78 is 44.8. The highest BCUT2D eigenvalue weighted by Gasteiger charge is 2.32. The molecule has 0 saturated heterocycles. The van der Waals surface area contributed by atoms with E-state index in [1.165, 1.54) is 6.07 Å². The summed E-state index contributed by atoms with van der Waals surface area (Å²) in [5.74, 6) is 1.42. The molecule has 0 bridgehead atoms. The molecular formula is C15H15BrF3NO. The first-order chi connectivity index (χ1) is 9.74. The van der Waals surface area contributed by atoms with Gasteiger partial charge in [-0.15, -0.1) is 0 Å². The molecule has 21 heavy (non-hydrogen) atoms. The fraction of sp³-hybridized carbons (Fsp3) is 0.333. The van der Waals surface area contributed by atoms with Gasteiger partial charge in [0.2, 0.25) is 0 Å². The van der Waals surface area contributed by atoms with Gasteiger partial charge in [-0.2, -0.15) is 13.2 Å². The lowest BCUT2D eigenvalue weighted by Crippen LogP contribution is -2.19. The first kappa shape index (κ1) is 16.1. The van der Waals surface area contributed by atoms with Crippen LogP contribution in [0.4, 0.5) is 13.2 Å². The average molecular weight is 362 g/mol. The van der Waals surface area contributed by atoms with Crippen LogP contribution in [-0.2, 0) is 6.18 Å². The first-order valence-electron chi connectivity index (χ1n) is 6.35. The van der Waals surface area contributed by atoms with Crippen molar-refractivity contribution >= 4 is 15.9 Å². The molecule has 6 heteroatoms. The van der Waals surface area contributed by atoms with E-state index >= 15 is 0 Å². The van der Waals surface area contributed by atoms with Gasteiger partial charge in [0, 0.05) is 10.0 Å². The zero-order valence-corrected chi connectivity index (χ0v) is 13.4. The number of furan rings is 1. The third-order valence-corrected chi connectivity index (χ3v) is 4.04. The van der Waals surface area contributed by atoms with Gasteiger partial charge in [0.05, 0.1) is 11.6 Å². The minimum atomic E-state index is -4.37. The molecule has 2 aromatic rings. The van der Waals surface area contributed by atoms with Crippen molar-refractivity contribution in [2.24, 2.45) is 0 Å². The number of rotatable bonds is 3. The van der Waals surface area contributed by atoms with Crippen molar-refractivity contribution in [2.75, 3.05) is 7.05 Å². The molecular weight excluding hydrogens is 347 g/mol. The van der Waals surface area contributed by atoms with E-state index in [1.807, 2.05) is 13.0 Å². The quantitative estimate of drug-likeness (QED) is 0.833. The minimum Gasteiger partial charge on any atom is -0.466 e. The second-order valence-corrected chi connectivity index (χ2v) is 5.68. The number of benzene rings is 1. The smallest absolute Gasteiger partial charge is 0.416 e. The summed E-state index contributed by atoms with van der Waals surface area (Å²) in [6.45, 7) is 3.61. The summed E-state index contributed by atoms with van der Waals surface area (Å²) in [6, 6.07) is 5.11.